The highest BCUT2D eigenvalue weighted by Crippen LogP contribution is 2.21. The van der Waals surface area contributed by atoms with E-state index in [1.54, 1.807) is 0 Å². The number of hydrogen-bond acceptors (Lipinski definition) is 2. The Bertz CT molecular complexity index is 733. The fourth-order valence-corrected chi connectivity index (χ4v) is 3.55. The highest BCUT2D eigenvalue weighted by Gasteiger charge is 2.15. The van der Waals surface area contributed by atoms with E-state index in [1.807, 2.05) is 12.1 Å². The molecule has 0 radical (unpaired) electrons. The van der Waals surface area contributed by atoms with Crippen molar-refractivity contribution in [1.29, 1.82) is 0 Å². The van der Waals surface area contributed by atoms with Crippen molar-refractivity contribution in [2.45, 2.75) is 25.7 Å². The van der Waals surface area contributed by atoms with Crippen LogP contribution in [0.3, 0.4) is 0 Å². The highest BCUT2D eigenvalue weighted by molar-refractivity contribution is 6.34. The quantitative estimate of drug-likeness (QED) is 0.668. The van der Waals surface area contributed by atoms with Crippen LogP contribution in [-0.4, -0.2) is 18.9 Å². The molecule has 0 aliphatic carbocycles. The molecule has 0 amide bonds. The van der Waals surface area contributed by atoms with Crippen LogP contribution in [0.4, 0.5) is 4.39 Å². The zero-order chi connectivity index (χ0) is 16.9. The van der Waals surface area contributed by atoms with E-state index < -0.39 is 5.82 Å². The molecule has 26 heavy (non-hydrogen) atoms. The summed E-state index contributed by atoms with van der Waals surface area (Å²) in [6.45, 7) is 2.18. The van der Waals surface area contributed by atoms with Crippen molar-refractivity contribution >= 4 is 42.2 Å². The van der Waals surface area contributed by atoms with Crippen LogP contribution in [0.2, 0.25) is 5.02 Å². The van der Waals surface area contributed by atoms with Gasteiger partial charge in [-0.15, -0.1) is 24.8 Å². The van der Waals surface area contributed by atoms with Gasteiger partial charge in [-0.05, 0) is 67.6 Å². The van der Waals surface area contributed by atoms with Crippen molar-refractivity contribution in [3.63, 3.8) is 0 Å². The molecule has 3 rings (SSSR count). The Kier molecular flexibility index (Phi) is 9.59. The van der Waals surface area contributed by atoms with Crippen LogP contribution in [0.25, 0.3) is 0 Å². The average molecular weight is 419 g/mol. The maximum Gasteiger partial charge on any atom is 0.168 e. The Balaban J connectivity index is 0.00000169. The number of ketones is 1. The fraction of sp³-hybridized carbons (Fsp3) is 0.350. The minimum atomic E-state index is -0.430. The Morgan fingerprint density at radius 1 is 1.08 bits per heavy atom. The first-order chi connectivity index (χ1) is 11.6. The Morgan fingerprint density at radius 3 is 2.46 bits per heavy atom. The predicted octanol–water partition coefficient (Wildman–Crippen LogP) is 5.29. The van der Waals surface area contributed by atoms with E-state index >= 15 is 0 Å². The van der Waals surface area contributed by atoms with Crippen LogP contribution in [0.1, 0.15) is 34.3 Å². The molecular weight excluding hydrogens is 396 g/mol. The van der Waals surface area contributed by atoms with Crippen LogP contribution >= 0.6 is 36.4 Å². The number of nitrogens with one attached hydrogen (secondary N) is 1. The van der Waals surface area contributed by atoms with E-state index in [4.69, 9.17) is 11.6 Å². The summed E-state index contributed by atoms with van der Waals surface area (Å²) in [4.78, 5) is 12.4. The number of benzene rings is 2. The molecule has 2 nitrogen and oxygen atoms in total. The summed E-state index contributed by atoms with van der Waals surface area (Å²) in [6.07, 6.45) is 3.75. The van der Waals surface area contributed by atoms with Gasteiger partial charge in [0, 0.05) is 12.0 Å². The number of halogens is 4. The van der Waals surface area contributed by atoms with Gasteiger partial charge in [-0.2, -0.15) is 0 Å². The van der Waals surface area contributed by atoms with Crippen molar-refractivity contribution in [2.75, 3.05) is 13.1 Å². The second-order valence-electron chi connectivity index (χ2n) is 6.44. The number of Topliss-reactive ketones (excluding diaryl/α,β-unsaturated/α-hetero) is 1. The van der Waals surface area contributed by atoms with Crippen molar-refractivity contribution in [3.8, 4) is 0 Å². The molecule has 0 aromatic heterocycles. The summed E-state index contributed by atoms with van der Waals surface area (Å²) in [6, 6.07) is 12.1. The molecule has 6 heteroatoms. The standard InChI is InChI=1S/C20H21ClFNO.2ClH/c21-19-13-17(22)4-5-18(19)20(24)12-16-3-1-2-15(11-16)10-14-6-8-23-9-7-14;;/h1-5,11,13-14,23H,6-10,12H2;2*1H. The third-order valence-corrected chi connectivity index (χ3v) is 4.88. The Labute approximate surface area is 171 Å². The number of piperidine rings is 1. The summed E-state index contributed by atoms with van der Waals surface area (Å²) in [5.41, 5.74) is 2.63. The van der Waals surface area contributed by atoms with Gasteiger partial charge in [-0.3, -0.25) is 4.79 Å². The highest BCUT2D eigenvalue weighted by atomic mass is 35.5. The van der Waals surface area contributed by atoms with Gasteiger partial charge in [-0.25, -0.2) is 4.39 Å². The smallest absolute Gasteiger partial charge is 0.168 e. The molecule has 0 spiro atoms. The Hall–Kier alpha value is -1.13. The molecule has 1 aliphatic heterocycles. The summed E-state index contributed by atoms with van der Waals surface area (Å²) < 4.78 is 13.1. The van der Waals surface area contributed by atoms with Gasteiger partial charge in [0.1, 0.15) is 5.82 Å². The first-order valence-electron chi connectivity index (χ1n) is 8.38. The van der Waals surface area contributed by atoms with Crippen LogP contribution < -0.4 is 5.32 Å². The molecule has 0 saturated carbocycles. The van der Waals surface area contributed by atoms with E-state index in [0.717, 1.165) is 25.1 Å². The topological polar surface area (TPSA) is 29.1 Å². The number of carbonyl (C=O) groups is 1. The molecule has 142 valence electrons. The van der Waals surface area contributed by atoms with E-state index in [-0.39, 0.29) is 42.0 Å². The zero-order valence-corrected chi connectivity index (χ0v) is 16.7. The number of hydrogen-bond donors (Lipinski definition) is 1. The SMILES string of the molecule is Cl.Cl.O=C(Cc1cccc(CC2CCNCC2)c1)c1ccc(F)cc1Cl. The lowest BCUT2D eigenvalue weighted by atomic mass is 9.90. The second-order valence-corrected chi connectivity index (χ2v) is 6.85. The zero-order valence-electron chi connectivity index (χ0n) is 14.3. The lowest BCUT2D eigenvalue weighted by molar-refractivity contribution is 0.0993. The van der Waals surface area contributed by atoms with E-state index in [0.29, 0.717) is 11.5 Å². The lowest BCUT2D eigenvalue weighted by Gasteiger charge is -2.22. The molecule has 2 aromatic rings. The molecule has 1 fully saturated rings. The number of rotatable bonds is 5. The third-order valence-electron chi connectivity index (χ3n) is 4.57. The summed E-state index contributed by atoms with van der Waals surface area (Å²) in [5.74, 6) is 0.197. The van der Waals surface area contributed by atoms with Crippen LogP contribution in [0.5, 0.6) is 0 Å². The van der Waals surface area contributed by atoms with E-state index in [9.17, 15) is 9.18 Å². The molecule has 0 atom stereocenters. The molecule has 0 unspecified atom stereocenters. The maximum atomic E-state index is 13.1. The molecule has 0 bridgehead atoms. The second kappa shape index (κ2) is 10.9. The van der Waals surface area contributed by atoms with Crippen molar-refractivity contribution in [3.05, 3.63) is 70.0 Å². The maximum absolute atomic E-state index is 13.1. The van der Waals surface area contributed by atoms with Gasteiger partial charge in [-0.1, -0.05) is 35.9 Å². The molecule has 1 saturated heterocycles. The van der Waals surface area contributed by atoms with E-state index in [2.05, 4.69) is 17.4 Å². The van der Waals surface area contributed by atoms with Gasteiger partial charge in [0.2, 0.25) is 0 Å². The minimum absolute atomic E-state index is 0. The van der Waals surface area contributed by atoms with Gasteiger partial charge in [0.15, 0.2) is 5.78 Å². The molecule has 2 aromatic carbocycles. The van der Waals surface area contributed by atoms with Crippen LogP contribution in [0.15, 0.2) is 42.5 Å². The van der Waals surface area contributed by atoms with Crippen molar-refractivity contribution in [1.82, 2.24) is 5.32 Å². The lowest BCUT2D eigenvalue weighted by Crippen LogP contribution is -2.28. The fourth-order valence-electron chi connectivity index (χ4n) is 3.28. The van der Waals surface area contributed by atoms with Gasteiger partial charge in [0.25, 0.3) is 0 Å². The average Bonchev–Trinajstić information content (AvgIpc) is 2.56. The molecular formula is C20H23Cl3FNO. The minimum Gasteiger partial charge on any atom is -0.317 e. The Morgan fingerprint density at radius 2 is 1.77 bits per heavy atom. The van der Waals surface area contributed by atoms with Crippen LogP contribution in [0, 0.1) is 11.7 Å². The van der Waals surface area contributed by atoms with Crippen LogP contribution in [-0.2, 0) is 12.8 Å². The normalized spacial score (nSPS) is 14.2. The van der Waals surface area contributed by atoms with Gasteiger partial charge < -0.3 is 5.32 Å². The molecule has 1 aliphatic rings. The van der Waals surface area contributed by atoms with E-state index in [1.165, 1.54) is 36.6 Å². The number of carbonyl (C=O) groups excluding carboxylic acids is 1. The molecule has 1 N–H and O–H groups in total. The van der Waals surface area contributed by atoms with Gasteiger partial charge in [0.05, 0.1) is 5.02 Å². The van der Waals surface area contributed by atoms with Gasteiger partial charge >= 0.3 is 0 Å². The monoisotopic (exact) mass is 417 g/mol. The summed E-state index contributed by atoms with van der Waals surface area (Å²) in [7, 11) is 0. The van der Waals surface area contributed by atoms with Crippen molar-refractivity contribution in [2.24, 2.45) is 5.92 Å². The third kappa shape index (κ3) is 6.24. The molecule has 1 heterocycles. The predicted molar refractivity (Wildman–Crippen MR) is 110 cm³/mol. The van der Waals surface area contributed by atoms with Crippen molar-refractivity contribution < 1.29 is 9.18 Å². The first kappa shape index (κ1) is 22.9. The summed E-state index contributed by atoms with van der Waals surface area (Å²) >= 11 is 5.98. The summed E-state index contributed by atoms with van der Waals surface area (Å²) in [5, 5.41) is 3.55. The largest absolute Gasteiger partial charge is 0.317 e. The first-order valence-corrected chi connectivity index (χ1v) is 8.76.